The van der Waals surface area contributed by atoms with Gasteiger partial charge in [0.2, 0.25) is 0 Å². The van der Waals surface area contributed by atoms with E-state index in [2.05, 4.69) is 20.8 Å². The van der Waals surface area contributed by atoms with Gasteiger partial charge < -0.3 is 4.74 Å². The highest BCUT2D eigenvalue weighted by molar-refractivity contribution is 5.91. The Kier molecular flexibility index (Phi) is 4.15. The molecular weight excluding hydrogens is 288 g/mol. The van der Waals surface area contributed by atoms with Gasteiger partial charge in [0.1, 0.15) is 0 Å². The molecule has 0 bridgehead atoms. The Morgan fingerprint density at radius 1 is 1.09 bits per heavy atom. The van der Waals surface area contributed by atoms with Crippen molar-refractivity contribution in [3.63, 3.8) is 0 Å². The summed E-state index contributed by atoms with van der Waals surface area (Å²) in [6, 6.07) is 12.1. The third kappa shape index (κ3) is 3.26. The van der Waals surface area contributed by atoms with Crippen molar-refractivity contribution < 1.29 is 9.53 Å². The highest BCUT2D eigenvalue weighted by Gasteiger charge is 2.05. The van der Waals surface area contributed by atoms with Gasteiger partial charge in [0.05, 0.1) is 12.6 Å². The van der Waals surface area contributed by atoms with Gasteiger partial charge in [-0.1, -0.05) is 18.2 Å². The fourth-order valence-electron chi connectivity index (χ4n) is 2.36. The molecule has 0 unspecified atom stereocenters. The predicted octanol–water partition coefficient (Wildman–Crippen LogP) is 3.87. The molecule has 0 radical (unpaired) electrons. The lowest BCUT2D eigenvalue weighted by molar-refractivity contribution is -0.134. The lowest BCUT2D eigenvalue weighted by Gasteiger charge is -2.06. The van der Waals surface area contributed by atoms with Crippen molar-refractivity contribution in [2.24, 2.45) is 0 Å². The van der Waals surface area contributed by atoms with Crippen LogP contribution in [0.3, 0.4) is 0 Å². The van der Waals surface area contributed by atoms with Gasteiger partial charge in [0.25, 0.3) is 0 Å². The zero-order valence-corrected chi connectivity index (χ0v) is 13.0. The van der Waals surface area contributed by atoms with Crippen LogP contribution in [-0.4, -0.2) is 23.0 Å². The summed E-state index contributed by atoms with van der Waals surface area (Å²) in [5.74, 6) is -0.375. The number of carbonyl (C=O) groups is 1. The molecule has 1 aromatic carbocycles. The van der Waals surface area contributed by atoms with Gasteiger partial charge in [0, 0.05) is 41.2 Å². The quantitative estimate of drug-likeness (QED) is 0.544. The van der Waals surface area contributed by atoms with Crippen molar-refractivity contribution in [1.29, 1.82) is 0 Å². The maximum atomic E-state index is 11.4. The van der Waals surface area contributed by atoms with Crippen LogP contribution in [0.15, 0.2) is 61.1 Å². The summed E-state index contributed by atoms with van der Waals surface area (Å²) in [6.07, 6.45) is 6.81. The van der Waals surface area contributed by atoms with Crippen LogP contribution in [0.5, 0.6) is 0 Å². The molecule has 2 heterocycles. The van der Waals surface area contributed by atoms with Crippen LogP contribution in [0.25, 0.3) is 27.6 Å². The first-order valence-corrected chi connectivity index (χ1v) is 7.24. The first kappa shape index (κ1) is 14.9. The number of fused-ring (bicyclic) bond motifs is 1. The first-order valence-electron chi connectivity index (χ1n) is 7.24. The van der Waals surface area contributed by atoms with Crippen LogP contribution in [-0.2, 0) is 9.53 Å². The number of hydrogen-bond acceptors (Lipinski definition) is 4. The lowest BCUT2D eigenvalue weighted by atomic mass is 10.0. The molecule has 0 saturated carbocycles. The molecule has 0 atom stereocenters. The lowest BCUT2D eigenvalue weighted by Crippen LogP contribution is -1.96. The van der Waals surface area contributed by atoms with Crippen molar-refractivity contribution >= 4 is 22.4 Å². The number of aromatic nitrogens is 2. The van der Waals surface area contributed by atoms with E-state index in [1.54, 1.807) is 12.4 Å². The standard InChI is InChI=1S/C19H16N2O2/c1-13(7-19(22)23-2)15-9-16(11-20-10-15)17-8-14-5-3-4-6-18(14)21-12-17/h3-12H,1-2H3/b13-7+. The fraction of sp³-hybridized carbons (Fsp3) is 0.105. The van der Waals surface area contributed by atoms with E-state index in [1.807, 2.05) is 43.5 Å². The maximum Gasteiger partial charge on any atom is 0.330 e. The smallest absolute Gasteiger partial charge is 0.330 e. The van der Waals surface area contributed by atoms with Gasteiger partial charge in [-0.3, -0.25) is 9.97 Å². The van der Waals surface area contributed by atoms with E-state index < -0.39 is 0 Å². The first-order chi connectivity index (χ1) is 11.2. The third-order valence-electron chi connectivity index (χ3n) is 3.65. The predicted molar refractivity (Wildman–Crippen MR) is 90.6 cm³/mol. The number of methoxy groups -OCH3 is 1. The number of ether oxygens (including phenoxy) is 1. The van der Waals surface area contributed by atoms with Gasteiger partial charge in [0.15, 0.2) is 0 Å². The van der Waals surface area contributed by atoms with E-state index in [4.69, 9.17) is 0 Å². The van der Waals surface area contributed by atoms with Gasteiger partial charge in [-0.2, -0.15) is 0 Å². The molecule has 0 aliphatic carbocycles. The SMILES string of the molecule is COC(=O)/C=C(\C)c1cncc(-c2cnc3ccccc3c2)c1. The Labute approximate surface area is 134 Å². The van der Waals surface area contributed by atoms with Crippen LogP contribution in [0.2, 0.25) is 0 Å². The minimum absolute atomic E-state index is 0.375. The Balaban J connectivity index is 2.01. The van der Waals surface area contributed by atoms with E-state index in [0.29, 0.717) is 0 Å². The van der Waals surface area contributed by atoms with Crippen molar-refractivity contribution in [2.45, 2.75) is 6.92 Å². The number of benzene rings is 1. The number of para-hydroxylation sites is 1. The molecule has 0 amide bonds. The van der Waals surface area contributed by atoms with Crippen molar-refractivity contribution in [3.05, 3.63) is 66.6 Å². The summed E-state index contributed by atoms with van der Waals surface area (Å²) >= 11 is 0. The molecule has 0 aliphatic rings. The maximum absolute atomic E-state index is 11.4. The number of allylic oxidation sites excluding steroid dienone is 1. The number of carbonyl (C=O) groups excluding carboxylic acids is 1. The molecule has 3 rings (SSSR count). The van der Waals surface area contributed by atoms with E-state index in [9.17, 15) is 4.79 Å². The molecule has 0 aliphatic heterocycles. The molecule has 4 heteroatoms. The minimum atomic E-state index is -0.375. The summed E-state index contributed by atoms with van der Waals surface area (Å²) in [7, 11) is 1.36. The number of rotatable bonds is 3. The van der Waals surface area contributed by atoms with Crippen LogP contribution in [0.4, 0.5) is 0 Å². The van der Waals surface area contributed by atoms with Crippen molar-refractivity contribution in [1.82, 2.24) is 9.97 Å². The second kappa shape index (κ2) is 6.40. The van der Waals surface area contributed by atoms with E-state index in [0.717, 1.165) is 33.2 Å². The van der Waals surface area contributed by atoms with E-state index >= 15 is 0 Å². The number of hydrogen-bond donors (Lipinski definition) is 0. The average molecular weight is 304 g/mol. The van der Waals surface area contributed by atoms with Crippen LogP contribution in [0.1, 0.15) is 12.5 Å². The summed E-state index contributed by atoms with van der Waals surface area (Å²) in [4.78, 5) is 20.1. The van der Waals surface area contributed by atoms with E-state index in [-0.39, 0.29) is 5.97 Å². The molecule has 0 fully saturated rings. The Bertz CT molecular complexity index is 901. The monoisotopic (exact) mass is 304 g/mol. The van der Waals surface area contributed by atoms with Gasteiger partial charge in [-0.05, 0) is 36.3 Å². The van der Waals surface area contributed by atoms with Gasteiger partial charge in [-0.25, -0.2) is 4.79 Å². The van der Waals surface area contributed by atoms with Crippen LogP contribution in [0, 0.1) is 0 Å². The Hall–Kier alpha value is -3.01. The molecule has 0 spiro atoms. The highest BCUT2D eigenvalue weighted by Crippen LogP contribution is 2.24. The minimum Gasteiger partial charge on any atom is -0.466 e. The second-order valence-corrected chi connectivity index (χ2v) is 5.23. The summed E-state index contributed by atoms with van der Waals surface area (Å²) in [6.45, 7) is 1.86. The fourth-order valence-corrected chi connectivity index (χ4v) is 2.36. The zero-order chi connectivity index (χ0) is 16.2. The summed E-state index contributed by atoms with van der Waals surface area (Å²) in [5, 5.41) is 1.08. The van der Waals surface area contributed by atoms with Crippen LogP contribution < -0.4 is 0 Å². The molecule has 3 aromatic rings. The molecule has 114 valence electrons. The van der Waals surface area contributed by atoms with Crippen molar-refractivity contribution in [3.8, 4) is 11.1 Å². The topological polar surface area (TPSA) is 52.1 Å². The Morgan fingerprint density at radius 3 is 2.70 bits per heavy atom. The Morgan fingerprint density at radius 2 is 1.87 bits per heavy atom. The second-order valence-electron chi connectivity index (χ2n) is 5.23. The highest BCUT2D eigenvalue weighted by atomic mass is 16.5. The number of nitrogens with zero attached hydrogens (tertiary/aromatic N) is 2. The summed E-state index contributed by atoms with van der Waals surface area (Å²) < 4.78 is 4.66. The molecular formula is C19H16N2O2. The van der Waals surface area contributed by atoms with Gasteiger partial charge in [-0.15, -0.1) is 0 Å². The molecule has 0 saturated heterocycles. The van der Waals surface area contributed by atoms with Crippen LogP contribution >= 0.6 is 0 Å². The molecule has 4 nitrogen and oxygen atoms in total. The molecule has 23 heavy (non-hydrogen) atoms. The normalized spacial score (nSPS) is 11.5. The number of esters is 1. The third-order valence-corrected chi connectivity index (χ3v) is 3.65. The van der Waals surface area contributed by atoms with Crippen molar-refractivity contribution in [2.75, 3.05) is 7.11 Å². The van der Waals surface area contributed by atoms with Gasteiger partial charge >= 0.3 is 5.97 Å². The average Bonchev–Trinajstić information content (AvgIpc) is 2.61. The largest absolute Gasteiger partial charge is 0.466 e. The molecule has 0 N–H and O–H groups in total. The molecule has 2 aromatic heterocycles. The van der Waals surface area contributed by atoms with E-state index in [1.165, 1.54) is 13.2 Å². The zero-order valence-electron chi connectivity index (χ0n) is 13.0. The summed E-state index contributed by atoms with van der Waals surface area (Å²) in [5.41, 5.74) is 4.59. The number of pyridine rings is 2.